The van der Waals surface area contributed by atoms with Crippen molar-refractivity contribution >= 4 is 27.8 Å². The Bertz CT molecular complexity index is 737. The summed E-state index contributed by atoms with van der Waals surface area (Å²) >= 11 is 3.40. The molecule has 0 unspecified atom stereocenters. The molecule has 1 aliphatic heterocycles. The number of ether oxygens (including phenoxy) is 2. The maximum absolute atomic E-state index is 12.0. The van der Waals surface area contributed by atoms with E-state index in [0.29, 0.717) is 17.1 Å². The van der Waals surface area contributed by atoms with Gasteiger partial charge in [0.05, 0.1) is 4.47 Å². The van der Waals surface area contributed by atoms with Gasteiger partial charge in [0.1, 0.15) is 5.75 Å². The number of fused-ring (bicyclic) bond motifs is 1. The van der Waals surface area contributed by atoms with Gasteiger partial charge in [-0.1, -0.05) is 18.2 Å². The summed E-state index contributed by atoms with van der Waals surface area (Å²) in [4.78, 5) is 12.0. The van der Waals surface area contributed by atoms with Crippen molar-refractivity contribution in [2.24, 2.45) is 0 Å². The van der Waals surface area contributed by atoms with E-state index in [1.54, 1.807) is 24.3 Å². The molecule has 0 spiro atoms. The number of hydrogen-bond donors (Lipinski definition) is 1. The van der Waals surface area contributed by atoms with Gasteiger partial charge in [0.25, 0.3) is 0 Å². The number of phenolic OH excluding ortho intramolecular Hbond substituents is 1. The second-order valence-corrected chi connectivity index (χ2v) is 5.34. The Morgan fingerprint density at radius 1 is 1.24 bits per heavy atom. The minimum Gasteiger partial charge on any atom is -0.508 e. The maximum Gasteiger partial charge on any atom is 0.231 e. The molecular weight excluding hydrogens is 336 g/mol. The molecule has 4 nitrogen and oxygen atoms in total. The van der Waals surface area contributed by atoms with Crippen LogP contribution in [0.4, 0.5) is 0 Å². The van der Waals surface area contributed by atoms with Gasteiger partial charge < -0.3 is 14.6 Å². The smallest absolute Gasteiger partial charge is 0.231 e. The van der Waals surface area contributed by atoms with Gasteiger partial charge in [0, 0.05) is 5.56 Å². The number of allylic oxidation sites excluding steroid dienone is 1. The predicted octanol–water partition coefficient (Wildman–Crippen LogP) is 3.78. The SMILES string of the molecule is O=C(/C=C/c1cc(Br)c2c(c1)OCO2)c1cccc(O)c1. The highest BCUT2D eigenvalue weighted by atomic mass is 79.9. The zero-order chi connectivity index (χ0) is 14.8. The number of hydrogen-bond acceptors (Lipinski definition) is 4. The van der Waals surface area contributed by atoms with Crippen LogP contribution in [-0.2, 0) is 0 Å². The third kappa shape index (κ3) is 2.92. The second kappa shape index (κ2) is 5.61. The molecule has 0 saturated carbocycles. The standard InChI is InChI=1S/C16H11BrO4/c17-13-6-10(7-15-16(13)21-9-20-15)4-5-14(19)11-2-1-3-12(18)8-11/h1-8,18H,9H2/b5-4+. The van der Waals surface area contributed by atoms with Crippen molar-refractivity contribution in [2.75, 3.05) is 6.79 Å². The van der Waals surface area contributed by atoms with Crippen molar-refractivity contribution in [3.8, 4) is 17.2 Å². The number of halogens is 1. The van der Waals surface area contributed by atoms with Crippen LogP contribution < -0.4 is 9.47 Å². The van der Waals surface area contributed by atoms with Crippen LogP contribution in [0.15, 0.2) is 46.9 Å². The van der Waals surface area contributed by atoms with Crippen molar-refractivity contribution in [3.05, 3.63) is 58.1 Å². The topological polar surface area (TPSA) is 55.8 Å². The van der Waals surface area contributed by atoms with Crippen molar-refractivity contribution in [2.45, 2.75) is 0 Å². The van der Waals surface area contributed by atoms with Crippen LogP contribution in [0.2, 0.25) is 0 Å². The maximum atomic E-state index is 12.0. The number of phenols is 1. The normalized spacial score (nSPS) is 12.8. The van der Waals surface area contributed by atoms with E-state index >= 15 is 0 Å². The lowest BCUT2D eigenvalue weighted by molar-refractivity contribution is 0.104. The lowest BCUT2D eigenvalue weighted by Gasteiger charge is -2.01. The van der Waals surface area contributed by atoms with Gasteiger partial charge in [-0.3, -0.25) is 4.79 Å². The lowest BCUT2D eigenvalue weighted by atomic mass is 10.1. The number of benzene rings is 2. The second-order valence-electron chi connectivity index (χ2n) is 4.48. The molecule has 0 radical (unpaired) electrons. The van der Waals surface area contributed by atoms with Crippen molar-refractivity contribution < 1.29 is 19.4 Å². The first-order valence-electron chi connectivity index (χ1n) is 6.24. The Hall–Kier alpha value is -2.27. The first-order chi connectivity index (χ1) is 10.1. The van der Waals surface area contributed by atoms with Crippen LogP contribution in [0.5, 0.6) is 17.2 Å². The molecule has 0 aliphatic carbocycles. The molecule has 1 aliphatic rings. The minimum absolute atomic E-state index is 0.0695. The summed E-state index contributed by atoms with van der Waals surface area (Å²) in [7, 11) is 0. The quantitative estimate of drug-likeness (QED) is 0.678. The summed E-state index contributed by atoms with van der Waals surface area (Å²) in [6.07, 6.45) is 3.15. The van der Waals surface area contributed by atoms with E-state index in [9.17, 15) is 9.90 Å². The van der Waals surface area contributed by atoms with Crippen LogP contribution >= 0.6 is 15.9 Å². The summed E-state index contributed by atoms with van der Waals surface area (Å²) in [5.41, 5.74) is 1.26. The fourth-order valence-corrected chi connectivity index (χ4v) is 2.59. The van der Waals surface area contributed by atoms with Crippen LogP contribution in [-0.4, -0.2) is 17.7 Å². The van der Waals surface area contributed by atoms with Crippen LogP contribution in [0.25, 0.3) is 6.08 Å². The minimum atomic E-state index is -0.181. The zero-order valence-corrected chi connectivity index (χ0v) is 12.5. The van der Waals surface area contributed by atoms with E-state index in [-0.39, 0.29) is 18.3 Å². The van der Waals surface area contributed by atoms with E-state index in [1.807, 2.05) is 6.07 Å². The fourth-order valence-electron chi connectivity index (χ4n) is 2.01. The highest BCUT2D eigenvalue weighted by Crippen LogP contribution is 2.40. The molecule has 1 N–H and O–H groups in total. The first-order valence-corrected chi connectivity index (χ1v) is 7.03. The molecule has 21 heavy (non-hydrogen) atoms. The number of carbonyl (C=O) groups excluding carboxylic acids is 1. The summed E-state index contributed by atoms with van der Waals surface area (Å²) < 4.78 is 11.4. The lowest BCUT2D eigenvalue weighted by Crippen LogP contribution is -1.93. The van der Waals surface area contributed by atoms with Crippen molar-refractivity contribution in [3.63, 3.8) is 0 Å². The molecule has 0 fully saturated rings. The number of aromatic hydroxyl groups is 1. The van der Waals surface area contributed by atoms with E-state index in [1.165, 1.54) is 18.2 Å². The van der Waals surface area contributed by atoms with Gasteiger partial charge in [0.2, 0.25) is 6.79 Å². The van der Waals surface area contributed by atoms with E-state index in [2.05, 4.69) is 15.9 Å². The van der Waals surface area contributed by atoms with Crippen LogP contribution in [0.1, 0.15) is 15.9 Å². The Balaban J connectivity index is 1.83. The third-order valence-corrected chi connectivity index (χ3v) is 3.60. The van der Waals surface area contributed by atoms with Crippen molar-refractivity contribution in [1.29, 1.82) is 0 Å². The third-order valence-electron chi connectivity index (χ3n) is 3.01. The average Bonchev–Trinajstić information content (AvgIpc) is 2.93. The molecule has 3 rings (SSSR count). The number of ketones is 1. The molecule has 1 heterocycles. The number of rotatable bonds is 3. The Labute approximate surface area is 129 Å². The Kier molecular flexibility index (Phi) is 3.66. The summed E-state index contributed by atoms with van der Waals surface area (Å²) in [6.45, 7) is 0.198. The van der Waals surface area contributed by atoms with E-state index in [4.69, 9.17) is 9.47 Å². The van der Waals surface area contributed by atoms with Crippen LogP contribution in [0.3, 0.4) is 0 Å². The summed E-state index contributed by atoms with van der Waals surface area (Å²) in [5, 5.41) is 9.38. The summed E-state index contributed by atoms with van der Waals surface area (Å²) in [5.74, 6) is 1.21. The Morgan fingerprint density at radius 2 is 2.10 bits per heavy atom. The Morgan fingerprint density at radius 3 is 2.90 bits per heavy atom. The van der Waals surface area contributed by atoms with Crippen molar-refractivity contribution in [1.82, 2.24) is 0 Å². The molecule has 2 aromatic carbocycles. The van der Waals surface area contributed by atoms with E-state index in [0.717, 1.165) is 10.0 Å². The molecule has 106 valence electrons. The molecule has 0 saturated heterocycles. The fraction of sp³-hybridized carbons (Fsp3) is 0.0625. The average molecular weight is 347 g/mol. The molecule has 0 aromatic heterocycles. The zero-order valence-electron chi connectivity index (χ0n) is 10.9. The molecule has 0 amide bonds. The van der Waals surface area contributed by atoms with Gasteiger partial charge in [0.15, 0.2) is 17.3 Å². The molecule has 0 bridgehead atoms. The molecular formula is C16H11BrO4. The van der Waals surface area contributed by atoms with Gasteiger partial charge in [-0.05, 0) is 51.8 Å². The van der Waals surface area contributed by atoms with Gasteiger partial charge >= 0.3 is 0 Å². The molecule has 2 aromatic rings. The monoisotopic (exact) mass is 346 g/mol. The number of carbonyl (C=O) groups is 1. The first kappa shape index (κ1) is 13.7. The summed E-state index contributed by atoms with van der Waals surface area (Å²) in [6, 6.07) is 9.90. The molecule has 5 heteroatoms. The van der Waals surface area contributed by atoms with E-state index < -0.39 is 0 Å². The van der Waals surface area contributed by atoms with Crippen LogP contribution in [0, 0.1) is 0 Å². The van der Waals surface area contributed by atoms with Gasteiger partial charge in [-0.2, -0.15) is 0 Å². The van der Waals surface area contributed by atoms with Gasteiger partial charge in [-0.15, -0.1) is 0 Å². The predicted molar refractivity (Wildman–Crippen MR) is 81.7 cm³/mol. The largest absolute Gasteiger partial charge is 0.508 e. The highest BCUT2D eigenvalue weighted by molar-refractivity contribution is 9.10. The molecule has 0 atom stereocenters. The highest BCUT2D eigenvalue weighted by Gasteiger charge is 2.17. The van der Waals surface area contributed by atoms with Gasteiger partial charge in [-0.25, -0.2) is 0 Å².